The molecule has 4 rings (SSSR count). The Morgan fingerprint density at radius 3 is 1.44 bits per heavy atom. The Kier molecular flexibility index (Phi) is 6.58. The van der Waals surface area contributed by atoms with Gasteiger partial charge in [-0.15, -0.1) is 0 Å². The average molecular weight is 472 g/mol. The highest BCUT2D eigenvalue weighted by Gasteiger charge is 2.22. The normalized spacial score (nSPS) is 28.8. The lowest BCUT2D eigenvalue weighted by atomic mass is 9.77. The minimum atomic E-state index is 0.783. The van der Waals surface area contributed by atoms with Gasteiger partial charge in [0.2, 0.25) is 0 Å². The van der Waals surface area contributed by atoms with Gasteiger partial charge in [-0.25, -0.2) is 0 Å². The summed E-state index contributed by atoms with van der Waals surface area (Å²) < 4.78 is 0.897. The maximum Gasteiger partial charge on any atom is 0.0110 e. The van der Waals surface area contributed by atoms with Gasteiger partial charge in [-0.3, -0.25) is 0 Å². The number of benzene rings is 2. The van der Waals surface area contributed by atoms with E-state index in [1.807, 2.05) is 0 Å². The van der Waals surface area contributed by atoms with Gasteiger partial charge in [0.1, 0.15) is 0 Å². The monoisotopic (exact) mass is 472 g/mol. The first kappa shape index (κ1) is 19.5. The van der Waals surface area contributed by atoms with Crippen molar-refractivity contribution in [2.24, 2.45) is 5.92 Å². The summed E-state index contributed by atoms with van der Waals surface area (Å²) in [6.07, 6.45) is 12.5. The van der Waals surface area contributed by atoms with E-state index in [9.17, 15) is 0 Å². The third kappa shape index (κ3) is 4.78. The van der Waals surface area contributed by atoms with Gasteiger partial charge in [0.05, 0.1) is 0 Å². The maximum atomic E-state index is 2.62. The van der Waals surface area contributed by atoms with Crippen LogP contribution in [-0.4, -0.2) is 3.92 Å². The zero-order chi connectivity index (χ0) is 18.6. The molecule has 0 bridgehead atoms. The van der Waals surface area contributed by atoms with Crippen LogP contribution in [0.4, 0.5) is 0 Å². The average Bonchev–Trinajstić information content (AvgIpc) is 2.75. The van der Waals surface area contributed by atoms with Crippen LogP contribution in [0.2, 0.25) is 0 Å². The van der Waals surface area contributed by atoms with E-state index < -0.39 is 0 Å². The van der Waals surface area contributed by atoms with Gasteiger partial charge < -0.3 is 0 Å². The molecule has 0 aromatic heterocycles. The van der Waals surface area contributed by atoms with Crippen molar-refractivity contribution < 1.29 is 0 Å². The lowest BCUT2D eigenvalue weighted by molar-refractivity contribution is 0.319. The summed E-state index contributed by atoms with van der Waals surface area (Å²) in [6.45, 7) is 2.35. The molecule has 0 N–H and O–H groups in total. The van der Waals surface area contributed by atoms with Crippen molar-refractivity contribution in [3.8, 4) is 11.1 Å². The Labute approximate surface area is 179 Å². The van der Waals surface area contributed by atoms with Crippen LogP contribution in [0.3, 0.4) is 0 Å². The molecule has 0 spiro atoms. The van der Waals surface area contributed by atoms with Crippen molar-refractivity contribution in [3.63, 3.8) is 0 Å². The first-order valence-electron chi connectivity index (χ1n) is 11.1. The van der Waals surface area contributed by atoms with Gasteiger partial charge >= 0.3 is 0 Å². The van der Waals surface area contributed by atoms with Gasteiger partial charge in [0, 0.05) is 3.92 Å². The second kappa shape index (κ2) is 9.11. The third-order valence-electron chi connectivity index (χ3n) is 7.18. The van der Waals surface area contributed by atoms with E-state index in [0.29, 0.717) is 0 Å². The quantitative estimate of drug-likeness (QED) is 0.309. The fourth-order valence-electron chi connectivity index (χ4n) is 5.19. The number of halogens is 1. The molecule has 2 aromatic rings. The summed E-state index contributed by atoms with van der Waals surface area (Å²) >= 11 is 2.62. The molecule has 2 aliphatic carbocycles. The highest BCUT2D eigenvalue weighted by molar-refractivity contribution is 14.1. The minimum Gasteiger partial charge on any atom is -0.0826 e. The molecular weight excluding hydrogens is 439 g/mol. The smallest absolute Gasteiger partial charge is 0.0110 e. The van der Waals surface area contributed by atoms with Crippen molar-refractivity contribution in [2.45, 2.75) is 80.5 Å². The molecule has 0 unspecified atom stereocenters. The van der Waals surface area contributed by atoms with E-state index in [4.69, 9.17) is 0 Å². The second-order valence-electron chi connectivity index (χ2n) is 8.82. The summed E-state index contributed by atoms with van der Waals surface area (Å²) in [4.78, 5) is 0. The molecule has 144 valence electrons. The molecular formula is C26H33I. The zero-order valence-electron chi connectivity index (χ0n) is 16.7. The summed E-state index contributed by atoms with van der Waals surface area (Å²) in [7, 11) is 0. The Hall–Kier alpha value is -0.830. The number of rotatable bonds is 4. The van der Waals surface area contributed by atoms with Crippen LogP contribution in [0.5, 0.6) is 0 Å². The van der Waals surface area contributed by atoms with Crippen molar-refractivity contribution >= 4 is 22.6 Å². The molecule has 0 atom stereocenters. The van der Waals surface area contributed by atoms with Crippen molar-refractivity contribution in [1.82, 2.24) is 0 Å². The summed E-state index contributed by atoms with van der Waals surface area (Å²) in [5, 5.41) is 0. The molecule has 0 amide bonds. The van der Waals surface area contributed by atoms with E-state index in [-0.39, 0.29) is 0 Å². The van der Waals surface area contributed by atoms with Crippen LogP contribution >= 0.6 is 22.6 Å². The molecule has 0 heterocycles. The molecule has 2 aromatic carbocycles. The Bertz CT molecular complexity index is 699. The molecule has 0 nitrogen and oxygen atoms in total. The van der Waals surface area contributed by atoms with E-state index in [1.54, 1.807) is 11.1 Å². The van der Waals surface area contributed by atoms with E-state index in [0.717, 1.165) is 21.7 Å². The molecule has 2 fully saturated rings. The fourth-order valence-corrected chi connectivity index (χ4v) is 5.90. The first-order chi connectivity index (χ1) is 13.2. The lowest BCUT2D eigenvalue weighted by Gasteiger charge is -2.28. The number of alkyl halides is 1. The topological polar surface area (TPSA) is 0 Å². The molecule has 1 heteroatoms. The SMILES string of the molecule is CCC1CCC(c2ccc(-c3ccc(C4CCC(I)CC4)cc3)cc2)CC1. The lowest BCUT2D eigenvalue weighted by Crippen LogP contribution is -2.12. The highest BCUT2D eigenvalue weighted by atomic mass is 127. The van der Waals surface area contributed by atoms with Gasteiger partial charge in [0.25, 0.3) is 0 Å². The first-order valence-corrected chi connectivity index (χ1v) is 12.3. The number of hydrogen-bond donors (Lipinski definition) is 0. The minimum absolute atomic E-state index is 0.783. The van der Waals surface area contributed by atoms with Gasteiger partial charge in [-0.05, 0) is 91.4 Å². The van der Waals surface area contributed by atoms with E-state index in [2.05, 4.69) is 78.0 Å². The summed E-state index contributed by atoms with van der Waals surface area (Å²) in [6, 6.07) is 18.9. The van der Waals surface area contributed by atoms with E-state index in [1.165, 1.54) is 68.9 Å². The molecule has 0 saturated heterocycles. The molecule has 0 radical (unpaired) electrons. The van der Waals surface area contributed by atoms with Crippen LogP contribution in [0.1, 0.15) is 87.7 Å². The maximum absolute atomic E-state index is 2.62. The summed E-state index contributed by atoms with van der Waals surface area (Å²) in [5.74, 6) is 2.55. The molecule has 27 heavy (non-hydrogen) atoms. The van der Waals surface area contributed by atoms with Gasteiger partial charge in [-0.1, -0.05) is 84.5 Å². The van der Waals surface area contributed by atoms with Crippen molar-refractivity contribution in [3.05, 3.63) is 59.7 Å². The molecule has 0 aliphatic heterocycles. The Balaban J connectivity index is 1.40. The van der Waals surface area contributed by atoms with Crippen LogP contribution in [0.25, 0.3) is 11.1 Å². The Morgan fingerprint density at radius 2 is 1.04 bits per heavy atom. The summed E-state index contributed by atoms with van der Waals surface area (Å²) in [5.41, 5.74) is 5.83. The molecule has 2 saturated carbocycles. The second-order valence-corrected chi connectivity index (χ2v) is 10.6. The predicted octanol–water partition coefficient (Wildman–Crippen LogP) is 8.50. The van der Waals surface area contributed by atoms with Crippen molar-refractivity contribution in [2.75, 3.05) is 0 Å². The largest absolute Gasteiger partial charge is 0.0826 e. The van der Waals surface area contributed by atoms with Crippen LogP contribution in [0, 0.1) is 5.92 Å². The standard InChI is InChI=1S/C26H33I/c1-2-19-3-5-20(6-4-19)21-7-9-22(10-8-21)23-11-13-24(14-12-23)25-15-17-26(27)18-16-25/h7-14,19-20,25-26H,2-6,15-18H2,1H3. The van der Waals surface area contributed by atoms with E-state index >= 15 is 0 Å². The molecule has 2 aliphatic rings. The van der Waals surface area contributed by atoms with Crippen LogP contribution in [-0.2, 0) is 0 Å². The van der Waals surface area contributed by atoms with Crippen LogP contribution in [0.15, 0.2) is 48.5 Å². The van der Waals surface area contributed by atoms with Gasteiger partial charge in [-0.2, -0.15) is 0 Å². The van der Waals surface area contributed by atoms with Crippen LogP contribution < -0.4 is 0 Å². The van der Waals surface area contributed by atoms with Crippen molar-refractivity contribution in [1.29, 1.82) is 0 Å². The number of hydrogen-bond acceptors (Lipinski definition) is 0. The Morgan fingerprint density at radius 1 is 0.630 bits per heavy atom. The fraction of sp³-hybridized carbons (Fsp3) is 0.538. The third-order valence-corrected chi connectivity index (χ3v) is 8.42. The van der Waals surface area contributed by atoms with Gasteiger partial charge in [0.15, 0.2) is 0 Å². The zero-order valence-corrected chi connectivity index (χ0v) is 18.8. The highest BCUT2D eigenvalue weighted by Crippen LogP contribution is 2.38. The predicted molar refractivity (Wildman–Crippen MR) is 126 cm³/mol.